The fourth-order valence-corrected chi connectivity index (χ4v) is 3.48. The van der Waals surface area contributed by atoms with Gasteiger partial charge >= 0.3 is 0 Å². The molecule has 0 bridgehead atoms. The van der Waals surface area contributed by atoms with E-state index in [-0.39, 0.29) is 5.41 Å². The summed E-state index contributed by atoms with van der Waals surface area (Å²) in [5.74, 6) is 0.557. The second kappa shape index (κ2) is 6.02. The molecule has 1 heterocycles. The van der Waals surface area contributed by atoms with Gasteiger partial charge in [0, 0.05) is 10.8 Å². The minimum atomic E-state index is 0.122. The van der Waals surface area contributed by atoms with Crippen LogP contribution in [0.4, 0.5) is 0 Å². The maximum atomic E-state index is 6.13. The van der Waals surface area contributed by atoms with Crippen molar-refractivity contribution in [3.05, 3.63) is 71.8 Å². The number of hydrogen-bond acceptors (Lipinski definition) is 1. The SMILES string of the molecule is CC(C)c1ccc(-c2ccc3oc4cc(C(C)(C)C)ccc4c3c2)cc1. The van der Waals surface area contributed by atoms with Gasteiger partial charge in [0.25, 0.3) is 0 Å². The van der Waals surface area contributed by atoms with Crippen LogP contribution in [0, 0.1) is 0 Å². The van der Waals surface area contributed by atoms with Crippen LogP contribution in [-0.4, -0.2) is 0 Å². The van der Waals surface area contributed by atoms with Crippen molar-refractivity contribution in [2.24, 2.45) is 0 Å². The van der Waals surface area contributed by atoms with E-state index in [9.17, 15) is 0 Å². The Balaban J connectivity index is 1.82. The lowest BCUT2D eigenvalue weighted by Crippen LogP contribution is -2.10. The third-order valence-electron chi connectivity index (χ3n) is 5.25. The number of furan rings is 1. The van der Waals surface area contributed by atoms with Crippen LogP contribution in [0.2, 0.25) is 0 Å². The molecule has 3 aromatic carbocycles. The van der Waals surface area contributed by atoms with Crippen LogP contribution >= 0.6 is 0 Å². The fraction of sp³-hybridized carbons (Fsp3) is 0.280. The van der Waals surface area contributed by atoms with Crippen LogP contribution in [0.5, 0.6) is 0 Å². The molecule has 0 aliphatic heterocycles. The fourth-order valence-electron chi connectivity index (χ4n) is 3.48. The highest BCUT2D eigenvalue weighted by molar-refractivity contribution is 6.06. The summed E-state index contributed by atoms with van der Waals surface area (Å²) >= 11 is 0. The zero-order valence-corrected chi connectivity index (χ0v) is 16.3. The summed E-state index contributed by atoms with van der Waals surface area (Å²) in [5.41, 5.74) is 7.20. The van der Waals surface area contributed by atoms with Crippen LogP contribution in [0.1, 0.15) is 51.7 Å². The minimum absolute atomic E-state index is 0.122. The molecule has 0 amide bonds. The Morgan fingerprint density at radius 3 is 2.04 bits per heavy atom. The summed E-state index contributed by atoms with van der Waals surface area (Å²) in [5, 5.41) is 2.37. The maximum Gasteiger partial charge on any atom is 0.135 e. The first-order valence-electron chi connectivity index (χ1n) is 9.40. The molecule has 0 radical (unpaired) electrons. The van der Waals surface area contributed by atoms with Crippen LogP contribution in [0.15, 0.2) is 65.1 Å². The van der Waals surface area contributed by atoms with Gasteiger partial charge in [0.1, 0.15) is 11.2 Å². The Labute approximate surface area is 155 Å². The molecule has 1 heteroatoms. The molecule has 132 valence electrons. The summed E-state index contributed by atoms with van der Waals surface area (Å²) in [6, 6.07) is 22.0. The molecule has 0 spiro atoms. The molecule has 0 atom stereocenters. The van der Waals surface area contributed by atoms with Crippen molar-refractivity contribution in [2.45, 2.75) is 46.0 Å². The van der Waals surface area contributed by atoms with E-state index in [0.29, 0.717) is 5.92 Å². The van der Waals surface area contributed by atoms with Crippen molar-refractivity contribution in [1.29, 1.82) is 0 Å². The third kappa shape index (κ3) is 2.92. The molecule has 0 aliphatic carbocycles. The average molecular weight is 342 g/mol. The number of fused-ring (bicyclic) bond motifs is 3. The van der Waals surface area contributed by atoms with Crippen molar-refractivity contribution in [2.75, 3.05) is 0 Å². The van der Waals surface area contributed by atoms with E-state index >= 15 is 0 Å². The van der Waals surface area contributed by atoms with E-state index in [0.717, 1.165) is 11.2 Å². The van der Waals surface area contributed by atoms with E-state index in [1.165, 1.54) is 33.0 Å². The Bertz CT molecular complexity index is 1070. The molecule has 0 N–H and O–H groups in total. The first kappa shape index (κ1) is 16.9. The van der Waals surface area contributed by atoms with Crippen LogP contribution in [-0.2, 0) is 5.41 Å². The molecule has 0 fully saturated rings. The van der Waals surface area contributed by atoms with Crippen LogP contribution < -0.4 is 0 Å². The molecule has 0 saturated heterocycles. The van der Waals surface area contributed by atoms with Crippen molar-refractivity contribution >= 4 is 21.9 Å². The molecule has 1 nitrogen and oxygen atoms in total. The number of benzene rings is 3. The molecular weight excluding hydrogens is 316 g/mol. The second-order valence-electron chi connectivity index (χ2n) is 8.55. The lowest BCUT2D eigenvalue weighted by molar-refractivity contribution is 0.587. The van der Waals surface area contributed by atoms with Crippen molar-refractivity contribution in [1.82, 2.24) is 0 Å². The smallest absolute Gasteiger partial charge is 0.135 e. The van der Waals surface area contributed by atoms with Gasteiger partial charge in [0.2, 0.25) is 0 Å². The quantitative estimate of drug-likeness (QED) is 0.364. The molecule has 4 rings (SSSR count). The van der Waals surface area contributed by atoms with Crippen LogP contribution in [0.3, 0.4) is 0 Å². The zero-order valence-electron chi connectivity index (χ0n) is 16.3. The summed E-state index contributed by atoms with van der Waals surface area (Å²) < 4.78 is 6.13. The molecule has 4 aromatic rings. The van der Waals surface area contributed by atoms with E-state index in [1.807, 2.05) is 0 Å². The predicted molar refractivity (Wildman–Crippen MR) is 112 cm³/mol. The third-order valence-corrected chi connectivity index (χ3v) is 5.25. The summed E-state index contributed by atoms with van der Waals surface area (Å²) in [4.78, 5) is 0. The first-order valence-corrected chi connectivity index (χ1v) is 9.40. The summed E-state index contributed by atoms with van der Waals surface area (Å²) in [6.07, 6.45) is 0. The van der Waals surface area contributed by atoms with Gasteiger partial charge in [-0.05, 0) is 51.8 Å². The highest BCUT2D eigenvalue weighted by atomic mass is 16.3. The molecule has 26 heavy (non-hydrogen) atoms. The van der Waals surface area contributed by atoms with E-state index in [4.69, 9.17) is 4.42 Å². The topological polar surface area (TPSA) is 13.1 Å². The van der Waals surface area contributed by atoms with Gasteiger partial charge in [-0.3, -0.25) is 0 Å². The van der Waals surface area contributed by atoms with Crippen LogP contribution in [0.25, 0.3) is 33.1 Å². The molecule has 0 aliphatic rings. The summed E-state index contributed by atoms with van der Waals surface area (Å²) in [6.45, 7) is 11.1. The standard InChI is InChI=1S/C25H26O/c1-16(2)17-6-8-18(9-7-17)19-10-13-23-22(14-19)21-12-11-20(25(3,4)5)15-24(21)26-23/h6-16H,1-5H3. The molecule has 0 unspecified atom stereocenters. The second-order valence-corrected chi connectivity index (χ2v) is 8.55. The van der Waals surface area contributed by atoms with E-state index in [1.54, 1.807) is 0 Å². The van der Waals surface area contributed by atoms with Crippen molar-refractivity contribution in [3.8, 4) is 11.1 Å². The minimum Gasteiger partial charge on any atom is -0.456 e. The Morgan fingerprint density at radius 2 is 1.38 bits per heavy atom. The first-order chi connectivity index (χ1) is 12.3. The molecule has 0 saturated carbocycles. The van der Waals surface area contributed by atoms with Gasteiger partial charge in [-0.1, -0.05) is 77.1 Å². The van der Waals surface area contributed by atoms with Gasteiger partial charge in [0.05, 0.1) is 0 Å². The van der Waals surface area contributed by atoms with Gasteiger partial charge in [-0.25, -0.2) is 0 Å². The Kier molecular flexibility index (Phi) is 3.91. The largest absolute Gasteiger partial charge is 0.456 e. The Morgan fingerprint density at radius 1 is 0.692 bits per heavy atom. The number of rotatable bonds is 2. The maximum absolute atomic E-state index is 6.13. The molecular formula is C25H26O. The average Bonchev–Trinajstić information content (AvgIpc) is 2.98. The molecule has 1 aromatic heterocycles. The Hall–Kier alpha value is -2.54. The normalized spacial score (nSPS) is 12.4. The van der Waals surface area contributed by atoms with Crippen molar-refractivity contribution < 1.29 is 4.42 Å². The predicted octanol–water partition coefficient (Wildman–Crippen LogP) is 7.67. The lowest BCUT2D eigenvalue weighted by atomic mass is 9.86. The number of hydrogen-bond donors (Lipinski definition) is 0. The van der Waals surface area contributed by atoms with Crippen molar-refractivity contribution in [3.63, 3.8) is 0 Å². The van der Waals surface area contributed by atoms with E-state index in [2.05, 4.69) is 95.3 Å². The highest BCUT2D eigenvalue weighted by Gasteiger charge is 2.16. The highest BCUT2D eigenvalue weighted by Crippen LogP contribution is 2.35. The zero-order chi connectivity index (χ0) is 18.5. The lowest BCUT2D eigenvalue weighted by Gasteiger charge is -2.18. The van der Waals surface area contributed by atoms with Gasteiger partial charge in [0.15, 0.2) is 0 Å². The monoisotopic (exact) mass is 342 g/mol. The summed E-state index contributed by atoms with van der Waals surface area (Å²) in [7, 11) is 0. The van der Waals surface area contributed by atoms with E-state index < -0.39 is 0 Å². The van der Waals surface area contributed by atoms with Gasteiger partial charge < -0.3 is 4.42 Å². The van der Waals surface area contributed by atoms with Gasteiger partial charge in [-0.15, -0.1) is 0 Å². The van der Waals surface area contributed by atoms with Gasteiger partial charge in [-0.2, -0.15) is 0 Å².